The summed E-state index contributed by atoms with van der Waals surface area (Å²) in [4.78, 5) is 12.8. The molecule has 0 aromatic heterocycles. The van der Waals surface area contributed by atoms with Crippen molar-refractivity contribution in [2.24, 2.45) is 0 Å². The van der Waals surface area contributed by atoms with Gasteiger partial charge in [0.05, 0.1) is 33.8 Å². The normalized spacial score (nSPS) is 12.6. The molecule has 1 atom stereocenters. The van der Waals surface area contributed by atoms with E-state index in [0.717, 1.165) is 23.3 Å². The highest BCUT2D eigenvalue weighted by Crippen LogP contribution is 2.38. The topological polar surface area (TPSA) is 75.7 Å². The fraction of sp³-hybridized carbons (Fsp3) is 0.269. The van der Waals surface area contributed by atoms with Gasteiger partial charge in [-0.25, -0.2) is 8.42 Å². The van der Waals surface area contributed by atoms with Gasteiger partial charge >= 0.3 is 6.18 Å². The Balaban J connectivity index is 1.94. The van der Waals surface area contributed by atoms with Crippen LogP contribution in [0.15, 0.2) is 71.6 Å². The number of nitrogens with zero attached hydrogens (tertiary/aromatic N) is 1. The van der Waals surface area contributed by atoms with Gasteiger partial charge in [0.2, 0.25) is 5.91 Å². The highest BCUT2D eigenvalue weighted by molar-refractivity contribution is 7.92. The number of amides is 1. The minimum Gasteiger partial charge on any atom is -0.494 e. The van der Waals surface area contributed by atoms with Crippen molar-refractivity contribution < 1.29 is 31.1 Å². The molecule has 11 heteroatoms. The van der Waals surface area contributed by atoms with E-state index < -0.39 is 45.3 Å². The second-order valence-electron chi connectivity index (χ2n) is 8.28. The number of ether oxygens (including phenoxy) is 1. The first-order valence-electron chi connectivity index (χ1n) is 11.3. The minimum absolute atomic E-state index is 0.172. The van der Waals surface area contributed by atoms with E-state index >= 15 is 0 Å². The van der Waals surface area contributed by atoms with Crippen molar-refractivity contribution in [1.29, 1.82) is 0 Å². The Morgan fingerprint density at radius 3 is 2.24 bits per heavy atom. The second kappa shape index (κ2) is 11.4. The third-order valence-electron chi connectivity index (χ3n) is 5.51. The van der Waals surface area contributed by atoms with E-state index in [1.165, 1.54) is 12.1 Å². The van der Waals surface area contributed by atoms with E-state index in [4.69, 9.17) is 16.3 Å². The zero-order chi connectivity index (χ0) is 27.4. The summed E-state index contributed by atoms with van der Waals surface area (Å²) < 4.78 is 73.6. The summed E-state index contributed by atoms with van der Waals surface area (Å²) in [5.74, 6) is -0.0519. The van der Waals surface area contributed by atoms with Crippen LogP contribution in [0.4, 0.5) is 18.9 Å². The summed E-state index contributed by atoms with van der Waals surface area (Å²) in [7, 11) is -4.41. The van der Waals surface area contributed by atoms with E-state index in [2.05, 4.69) is 5.32 Å². The van der Waals surface area contributed by atoms with Crippen molar-refractivity contribution in [3.8, 4) is 5.75 Å². The van der Waals surface area contributed by atoms with Crippen molar-refractivity contribution in [3.05, 3.63) is 88.4 Å². The molecule has 6 nitrogen and oxygen atoms in total. The molecular weight excluding hydrogens is 529 g/mol. The van der Waals surface area contributed by atoms with Crippen LogP contribution in [0.2, 0.25) is 5.02 Å². The fourth-order valence-corrected chi connectivity index (χ4v) is 5.20. The van der Waals surface area contributed by atoms with E-state index in [-0.39, 0.29) is 10.6 Å². The number of aryl methyl sites for hydroxylation is 1. The summed E-state index contributed by atoms with van der Waals surface area (Å²) in [6.45, 7) is 5.06. The Morgan fingerprint density at radius 1 is 1.05 bits per heavy atom. The lowest BCUT2D eigenvalue weighted by atomic mass is 10.1. The molecule has 0 aliphatic heterocycles. The van der Waals surface area contributed by atoms with Gasteiger partial charge in [-0.3, -0.25) is 9.10 Å². The van der Waals surface area contributed by atoms with Gasteiger partial charge in [-0.15, -0.1) is 0 Å². The summed E-state index contributed by atoms with van der Waals surface area (Å²) >= 11 is 5.73. The number of carbonyl (C=O) groups is 1. The van der Waals surface area contributed by atoms with Crippen LogP contribution in [0.5, 0.6) is 5.75 Å². The summed E-state index contributed by atoms with van der Waals surface area (Å²) in [5.41, 5.74) is -0.0334. The second-order valence-corrected chi connectivity index (χ2v) is 10.5. The molecule has 0 fully saturated rings. The third kappa shape index (κ3) is 6.95. The van der Waals surface area contributed by atoms with Gasteiger partial charge in [0, 0.05) is 0 Å². The number of rotatable bonds is 9. The lowest BCUT2D eigenvalue weighted by Crippen LogP contribution is -2.41. The van der Waals surface area contributed by atoms with Crippen LogP contribution in [0.1, 0.15) is 36.6 Å². The molecule has 0 spiro atoms. The van der Waals surface area contributed by atoms with Gasteiger partial charge in [-0.1, -0.05) is 41.4 Å². The highest BCUT2D eigenvalue weighted by Gasteiger charge is 2.35. The van der Waals surface area contributed by atoms with Crippen molar-refractivity contribution in [2.45, 2.75) is 37.9 Å². The largest absolute Gasteiger partial charge is 0.494 e. The standard InChI is InChI=1S/C26H26ClF3N2O4S/c1-4-36-21-10-7-19(8-11-21)18(3)31-25(33)16-32(37(34,35)22-12-5-17(2)6-13-22)20-9-14-24(27)23(15-20)26(28,29)30/h5-15,18H,4,16H2,1-3H3,(H,31,33)/t18-/m0/s1. The SMILES string of the molecule is CCOc1ccc([C@H](C)NC(=O)CN(c2ccc(Cl)c(C(F)(F)F)c2)S(=O)(=O)c2ccc(C)cc2)cc1. The molecule has 0 unspecified atom stereocenters. The number of sulfonamides is 1. The maximum absolute atomic E-state index is 13.5. The summed E-state index contributed by atoms with van der Waals surface area (Å²) in [6.07, 6.45) is -4.82. The zero-order valence-corrected chi connectivity index (χ0v) is 21.9. The van der Waals surface area contributed by atoms with Gasteiger partial charge in [-0.2, -0.15) is 13.2 Å². The molecular formula is C26H26ClF3N2O4S. The van der Waals surface area contributed by atoms with E-state index in [1.807, 2.05) is 6.92 Å². The molecule has 0 bridgehead atoms. The minimum atomic E-state index is -4.82. The first kappa shape index (κ1) is 28.3. The number of halogens is 4. The maximum atomic E-state index is 13.5. The van der Waals surface area contributed by atoms with Crippen molar-refractivity contribution in [2.75, 3.05) is 17.5 Å². The van der Waals surface area contributed by atoms with Crippen LogP contribution in [0.3, 0.4) is 0 Å². The number of hydrogen-bond acceptors (Lipinski definition) is 4. The molecule has 3 rings (SSSR count). The third-order valence-corrected chi connectivity index (χ3v) is 7.63. The van der Waals surface area contributed by atoms with Crippen molar-refractivity contribution in [3.63, 3.8) is 0 Å². The van der Waals surface area contributed by atoms with Crippen LogP contribution >= 0.6 is 11.6 Å². The predicted octanol–water partition coefficient (Wildman–Crippen LogP) is 6.14. The first-order chi connectivity index (χ1) is 17.3. The van der Waals surface area contributed by atoms with Crippen LogP contribution in [-0.4, -0.2) is 27.5 Å². The average molecular weight is 555 g/mol. The lowest BCUT2D eigenvalue weighted by Gasteiger charge is -2.26. The molecule has 1 N–H and O–H groups in total. The van der Waals surface area contributed by atoms with Gasteiger partial charge in [0.15, 0.2) is 0 Å². The number of hydrogen-bond donors (Lipinski definition) is 1. The van der Waals surface area contributed by atoms with E-state index in [9.17, 15) is 26.4 Å². The lowest BCUT2D eigenvalue weighted by molar-refractivity contribution is -0.137. The molecule has 0 aliphatic rings. The molecule has 0 heterocycles. The number of benzene rings is 3. The van der Waals surface area contributed by atoms with Crippen LogP contribution in [0, 0.1) is 6.92 Å². The van der Waals surface area contributed by atoms with E-state index in [1.54, 1.807) is 50.2 Å². The molecule has 3 aromatic carbocycles. The molecule has 1 amide bonds. The Bertz CT molecular complexity index is 1350. The number of anilines is 1. The summed E-state index contributed by atoms with van der Waals surface area (Å²) in [6, 6.07) is 15.0. The Morgan fingerprint density at radius 2 is 1.68 bits per heavy atom. The first-order valence-corrected chi connectivity index (χ1v) is 13.1. The smallest absolute Gasteiger partial charge is 0.417 e. The number of nitrogens with one attached hydrogen (secondary N) is 1. The fourth-order valence-electron chi connectivity index (χ4n) is 3.56. The molecule has 3 aromatic rings. The molecule has 37 heavy (non-hydrogen) atoms. The van der Waals surface area contributed by atoms with Crippen LogP contribution in [-0.2, 0) is 21.0 Å². The summed E-state index contributed by atoms with van der Waals surface area (Å²) in [5, 5.41) is 2.12. The monoisotopic (exact) mass is 554 g/mol. The Kier molecular flexibility index (Phi) is 8.76. The van der Waals surface area contributed by atoms with Gasteiger partial charge in [0.25, 0.3) is 10.0 Å². The van der Waals surface area contributed by atoms with E-state index in [0.29, 0.717) is 22.7 Å². The molecule has 0 aliphatic carbocycles. The Labute approximate surface area is 219 Å². The molecule has 0 saturated carbocycles. The zero-order valence-electron chi connectivity index (χ0n) is 20.3. The van der Waals surface area contributed by atoms with Gasteiger partial charge in [-0.05, 0) is 68.8 Å². The van der Waals surface area contributed by atoms with Crippen LogP contribution < -0.4 is 14.4 Å². The molecule has 0 radical (unpaired) electrons. The highest BCUT2D eigenvalue weighted by atomic mass is 35.5. The average Bonchev–Trinajstić information content (AvgIpc) is 2.83. The van der Waals surface area contributed by atoms with Crippen molar-refractivity contribution >= 4 is 33.2 Å². The number of carbonyl (C=O) groups excluding carboxylic acids is 1. The molecule has 0 saturated heterocycles. The predicted molar refractivity (Wildman–Crippen MR) is 136 cm³/mol. The van der Waals surface area contributed by atoms with Crippen LogP contribution in [0.25, 0.3) is 0 Å². The van der Waals surface area contributed by atoms with Crippen molar-refractivity contribution in [1.82, 2.24) is 5.32 Å². The Hall–Kier alpha value is -3.24. The quantitative estimate of drug-likeness (QED) is 0.345. The molecule has 198 valence electrons. The van der Waals surface area contributed by atoms with Gasteiger partial charge in [0.1, 0.15) is 12.3 Å². The number of alkyl halides is 3. The van der Waals surface area contributed by atoms with Gasteiger partial charge < -0.3 is 10.1 Å². The maximum Gasteiger partial charge on any atom is 0.417 e.